The van der Waals surface area contributed by atoms with E-state index in [9.17, 15) is 5.11 Å². The van der Waals surface area contributed by atoms with Crippen LogP contribution in [-0.4, -0.2) is 11.2 Å². The van der Waals surface area contributed by atoms with Crippen LogP contribution in [0, 0.1) is 11.3 Å². The maximum absolute atomic E-state index is 9.40. The summed E-state index contributed by atoms with van der Waals surface area (Å²) in [5.74, 6) is 0. The van der Waals surface area contributed by atoms with Crippen LogP contribution in [0.15, 0.2) is 0 Å². The fourth-order valence-corrected chi connectivity index (χ4v) is 1.17. The lowest BCUT2D eigenvalue weighted by molar-refractivity contribution is 0.148. The molecule has 2 heteroatoms. The highest BCUT2D eigenvalue weighted by Crippen LogP contribution is 2.08. The van der Waals surface area contributed by atoms with Gasteiger partial charge in [0.15, 0.2) is 0 Å². The Kier molecular flexibility index (Phi) is 8.15. The number of aliphatic hydroxyl groups excluding tert-OH is 1. The van der Waals surface area contributed by atoms with E-state index in [-0.39, 0.29) is 6.10 Å². The molecule has 0 aromatic rings. The third-order valence-corrected chi connectivity index (χ3v) is 1.97. The molecule has 0 rings (SSSR count). The molecule has 1 N–H and O–H groups in total. The van der Waals surface area contributed by atoms with Crippen LogP contribution in [0.3, 0.4) is 0 Å². The smallest absolute Gasteiger partial charge is 0.0621 e. The lowest BCUT2D eigenvalue weighted by Gasteiger charge is -2.07. The van der Waals surface area contributed by atoms with Crippen LogP contribution in [0.1, 0.15) is 51.9 Å². The highest BCUT2D eigenvalue weighted by atomic mass is 16.3. The van der Waals surface area contributed by atoms with Gasteiger partial charge in [-0.25, -0.2) is 0 Å². The Morgan fingerprint density at radius 2 is 1.92 bits per heavy atom. The van der Waals surface area contributed by atoms with Gasteiger partial charge in [0.1, 0.15) is 0 Å². The molecule has 0 aromatic carbocycles. The monoisotopic (exact) mass is 169 g/mol. The average molecular weight is 169 g/mol. The van der Waals surface area contributed by atoms with Crippen molar-refractivity contribution in [3.8, 4) is 6.07 Å². The van der Waals surface area contributed by atoms with Gasteiger partial charge in [0, 0.05) is 6.42 Å². The third kappa shape index (κ3) is 7.56. The molecule has 0 aliphatic rings. The van der Waals surface area contributed by atoms with Crippen LogP contribution < -0.4 is 0 Å². The lowest BCUT2D eigenvalue weighted by atomic mass is 10.1. The van der Waals surface area contributed by atoms with Gasteiger partial charge in [-0.15, -0.1) is 0 Å². The van der Waals surface area contributed by atoms with E-state index in [2.05, 4.69) is 13.0 Å². The van der Waals surface area contributed by atoms with E-state index in [1.807, 2.05) is 0 Å². The zero-order valence-electron chi connectivity index (χ0n) is 7.92. The van der Waals surface area contributed by atoms with E-state index in [4.69, 9.17) is 5.26 Å². The molecule has 0 aromatic heterocycles. The highest BCUT2D eigenvalue weighted by molar-refractivity contribution is 4.68. The van der Waals surface area contributed by atoms with Crippen molar-refractivity contribution >= 4 is 0 Å². The summed E-state index contributed by atoms with van der Waals surface area (Å²) in [5.41, 5.74) is 0. The van der Waals surface area contributed by atoms with E-state index in [0.717, 1.165) is 38.5 Å². The molecule has 0 aliphatic carbocycles. The van der Waals surface area contributed by atoms with Gasteiger partial charge >= 0.3 is 0 Å². The Labute approximate surface area is 75.2 Å². The van der Waals surface area contributed by atoms with Crippen LogP contribution in [0.25, 0.3) is 0 Å². The Morgan fingerprint density at radius 3 is 2.50 bits per heavy atom. The predicted octanol–water partition coefficient (Wildman–Crippen LogP) is 2.62. The molecule has 0 amide bonds. The van der Waals surface area contributed by atoms with Crippen molar-refractivity contribution in [2.75, 3.05) is 0 Å². The molecule has 1 unspecified atom stereocenters. The largest absolute Gasteiger partial charge is 0.393 e. The summed E-state index contributed by atoms with van der Waals surface area (Å²) in [6.07, 6.45) is 6.45. The van der Waals surface area contributed by atoms with Crippen molar-refractivity contribution in [2.24, 2.45) is 0 Å². The van der Waals surface area contributed by atoms with Crippen molar-refractivity contribution in [1.29, 1.82) is 5.26 Å². The summed E-state index contributed by atoms with van der Waals surface area (Å²) in [6.45, 7) is 2.13. The quantitative estimate of drug-likeness (QED) is 0.595. The number of hydrogen-bond donors (Lipinski definition) is 1. The molecule has 0 aliphatic heterocycles. The summed E-state index contributed by atoms with van der Waals surface area (Å²) in [4.78, 5) is 0. The van der Waals surface area contributed by atoms with Crippen molar-refractivity contribution in [2.45, 2.75) is 58.0 Å². The van der Waals surface area contributed by atoms with Gasteiger partial charge in [0.05, 0.1) is 12.2 Å². The van der Waals surface area contributed by atoms with E-state index >= 15 is 0 Å². The SMILES string of the molecule is CCCCC(O)CCCCC#N. The van der Waals surface area contributed by atoms with Gasteiger partial charge in [0.25, 0.3) is 0 Å². The number of rotatable bonds is 7. The molecule has 0 saturated carbocycles. The topological polar surface area (TPSA) is 44.0 Å². The average Bonchev–Trinajstić information content (AvgIpc) is 2.09. The van der Waals surface area contributed by atoms with Crippen LogP contribution in [0.4, 0.5) is 0 Å². The van der Waals surface area contributed by atoms with Gasteiger partial charge < -0.3 is 5.11 Å². The second-order valence-electron chi connectivity index (χ2n) is 3.20. The summed E-state index contributed by atoms with van der Waals surface area (Å²) >= 11 is 0. The highest BCUT2D eigenvalue weighted by Gasteiger charge is 2.01. The zero-order valence-corrected chi connectivity index (χ0v) is 7.92. The number of nitrogens with zero attached hydrogens (tertiary/aromatic N) is 1. The normalized spacial score (nSPS) is 12.4. The molecule has 70 valence electrons. The number of hydrogen-bond acceptors (Lipinski definition) is 2. The maximum atomic E-state index is 9.40. The van der Waals surface area contributed by atoms with E-state index < -0.39 is 0 Å². The second kappa shape index (κ2) is 8.55. The molecule has 0 bridgehead atoms. The maximum Gasteiger partial charge on any atom is 0.0621 e. The first-order valence-electron chi connectivity index (χ1n) is 4.86. The number of unbranched alkanes of at least 4 members (excludes halogenated alkanes) is 3. The Bertz CT molecular complexity index is 128. The van der Waals surface area contributed by atoms with E-state index in [1.54, 1.807) is 0 Å². The third-order valence-electron chi connectivity index (χ3n) is 1.97. The fraction of sp³-hybridized carbons (Fsp3) is 0.900. The van der Waals surface area contributed by atoms with Crippen LogP contribution in [0.2, 0.25) is 0 Å². The molecule has 0 spiro atoms. The molecule has 1 atom stereocenters. The fourth-order valence-electron chi connectivity index (χ4n) is 1.17. The Balaban J connectivity index is 3.09. The molecule has 0 heterocycles. The van der Waals surface area contributed by atoms with Gasteiger partial charge in [-0.3, -0.25) is 0 Å². The minimum absolute atomic E-state index is 0.136. The molecular weight excluding hydrogens is 150 g/mol. The van der Waals surface area contributed by atoms with Crippen molar-refractivity contribution in [3.63, 3.8) is 0 Å². The molecule has 12 heavy (non-hydrogen) atoms. The van der Waals surface area contributed by atoms with Crippen LogP contribution >= 0.6 is 0 Å². The molecule has 0 radical (unpaired) electrons. The number of nitriles is 1. The Morgan fingerprint density at radius 1 is 1.25 bits per heavy atom. The molecule has 0 saturated heterocycles. The predicted molar refractivity (Wildman–Crippen MR) is 49.6 cm³/mol. The van der Waals surface area contributed by atoms with Gasteiger partial charge in [-0.2, -0.15) is 5.26 Å². The van der Waals surface area contributed by atoms with Crippen LogP contribution in [-0.2, 0) is 0 Å². The van der Waals surface area contributed by atoms with Gasteiger partial charge in [-0.05, 0) is 25.7 Å². The Hall–Kier alpha value is -0.550. The zero-order chi connectivity index (χ0) is 9.23. The van der Waals surface area contributed by atoms with E-state index in [1.165, 1.54) is 0 Å². The van der Waals surface area contributed by atoms with Gasteiger partial charge in [-0.1, -0.05) is 19.8 Å². The van der Waals surface area contributed by atoms with Crippen molar-refractivity contribution < 1.29 is 5.11 Å². The standard InChI is InChI=1S/C10H19NO/c1-2-3-7-10(12)8-5-4-6-9-11/h10,12H,2-8H2,1H3. The van der Waals surface area contributed by atoms with E-state index in [0.29, 0.717) is 6.42 Å². The lowest BCUT2D eigenvalue weighted by Crippen LogP contribution is -2.05. The summed E-state index contributed by atoms with van der Waals surface area (Å²) in [6, 6.07) is 2.10. The molecule has 2 nitrogen and oxygen atoms in total. The first-order valence-corrected chi connectivity index (χ1v) is 4.86. The van der Waals surface area contributed by atoms with Crippen LogP contribution in [0.5, 0.6) is 0 Å². The van der Waals surface area contributed by atoms with Gasteiger partial charge in [0.2, 0.25) is 0 Å². The first-order chi connectivity index (χ1) is 5.81. The van der Waals surface area contributed by atoms with Crippen molar-refractivity contribution in [3.05, 3.63) is 0 Å². The summed E-state index contributed by atoms with van der Waals surface area (Å²) in [5, 5.41) is 17.7. The number of aliphatic hydroxyl groups is 1. The minimum atomic E-state index is -0.136. The second-order valence-corrected chi connectivity index (χ2v) is 3.20. The minimum Gasteiger partial charge on any atom is -0.393 e. The first kappa shape index (κ1) is 11.4. The van der Waals surface area contributed by atoms with Crippen molar-refractivity contribution in [1.82, 2.24) is 0 Å². The summed E-state index contributed by atoms with van der Waals surface area (Å²) in [7, 11) is 0. The molecular formula is C10H19NO. The molecule has 0 fully saturated rings. The summed E-state index contributed by atoms with van der Waals surface area (Å²) < 4.78 is 0.